The van der Waals surface area contributed by atoms with Gasteiger partial charge in [0.25, 0.3) is 0 Å². The van der Waals surface area contributed by atoms with Gasteiger partial charge in [-0.15, -0.1) is 0 Å². The number of fused-ring (bicyclic) bond motifs is 1. The van der Waals surface area contributed by atoms with Crippen LogP contribution in [0.3, 0.4) is 0 Å². The lowest BCUT2D eigenvalue weighted by Gasteiger charge is -2.32. The van der Waals surface area contributed by atoms with Crippen molar-refractivity contribution in [3.8, 4) is 5.75 Å². The van der Waals surface area contributed by atoms with Crippen molar-refractivity contribution in [2.75, 3.05) is 0 Å². The van der Waals surface area contributed by atoms with Gasteiger partial charge in [0.2, 0.25) is 0 Å². The zero-order valence-corrected chi connectivity index (χ0v) is 9.77. The number of nitrogens with one attached hydrogen (secondary N) is 1. The number of rotatable bonds is 2. The molecule has 0 heterocycles. The number of aliphatic hydroxyl groups is 1. The fourth-order valence-corrected chi connectivity index (χ4v) is 2.34. The average molecular weight is 221 g/mol. The molecule has 16 heavy (non-hydrogen) atoms. The van der Waals surface area contributed by atoms with E-state index in [2.05, 4.69) is 19.2 Å². The summed E-state index contributed by atoms with van der Waals surface area (Å²) in [5, 5.41) is 22.8. The summed E-state index contributed by atoms with van der Waals surface area (Å²) in [4.78, 5) is 0. The molecule has 1 aromatic rings. The highest BCUT2D eigenvalue weighted by Crippen LogP contribution is 2.25. The van der Waals surface area contributed by atoms with Crippen LogP contribution in [0.1, 0.15) is 25.0 Å². The first-order valence-corrected chi connectivity index (χ1v) is 5.81. The molecule has 3 N–H and O–H groups in total. The van der Waals surface area contributed by atoms with Gasteiger partial charge in [-0.25, -0.2) is 0 Å². The van der Waals surface area contributed by atoms with Gasteiger partial charge in [-0.1, -0.05) is 19.9 Å². The van der Waals surface area contributed by atoms with E-state index in [9.17, 15) is 10.2 Å². The fraction of sp³-hybridized carbons (Fsp3) is 0.538. The average Bonchev–Trinajstić information content (AvgIpc) is 2.19. The van der Waals surface area contributed by atoms with Crippen molar-refractivity contribution >= 4 is 0 Å². The topological polar surface area (TPSA) is 52.5 Å². The molecule has 3 nitrogen and oxygen atoms in total. The van der Waals surface area contributed by atoms with E-state index in [0.29, 0.717) is 12.5 Å². The molecule has 0 bridgehead atoms. The largest absolute Gasteiger partial charge is 0.508 e. The van der Waals surface area contributed by atoms with Crippen LogP contribution in [0.25, 0.3) is 0 Å². The van der Waals surface area contributed by atoms with Crippen LogP contribution >= 0.6 is 0 Å². The van der Waals surface area contributed by atoms with E-state index >= 15 is 0 Å². The van der Waals surface area contributed by atoms with Crippen molar-refractivity contribution in [2.45, 2.75) is 44.9 Å². The first-order valence-electron chi connectivity index (χ1n) is 5.81. The maximum atomic E-state index is 10.0. The summed E-state index contributed by atoms with van der Waals surface area (Å²) in [6.07, 6.45) is 1.08. The maximum Gasteiger partial charge on any atom is 0.115 e. The van der Waals surface area contributed by atoms with Crippen LogP contribution < -0.4 is 5.32 Å². The van der Waals surface area contributed by atoms with Crippen LogP contribution in [0.4, 0.5) is 0 Å². The van der Waals surface area contributed by atoms with Gasteiger partial charge >= 0.3 is 0 Å². The van der Waals surface area contributed by atoms with Crippen molar-refractivity contribution in [2.24, 2.45) is 0 Å². The minimum atomic E-state index is -0.364. The highest BCUT2D eigenvalue weighted by Gasteiger charge is 2.27. The van der Waals surface area contributed by atoms with Crippen LogP contribution in [0.15, 0.2) is 18.2 Å². The SMILES string of the molecule is CC(C)N[C@@H]1Cc2ccc(O)cc2C[C@H]1O. The molecule has 0 radical (unpaired) electrons. The first kappa shape index (κ1) is 11.4. The third-order valence-corrected chi connectivity index (χ3v) is 3.07. The lowest BCUT2D eigenvalue weighted by Crippen LogP contribution is -2.48. The van der Waals surface area contributed by atoms with Gasteiger partial charge in [0.15, 0.2) is 0 Å². The highest BCUT2D eigenvalue weighted by atomic mass is 16.3. The monoisotopic (exact) mass is 221 g/mol. The predicted octanol–water partition coefficient (Wildman–Crippen LogP) is 1.22. The molecular formula is C13H19NO2. The van der Waals surface area contributed by atoms with Gasteiger partial charge in [0.1, 0.15) is 5.75 Å². The number of benzene rings is 1. The van der Waals surface area contributed by atoms with Gasteiger partial charge in [-0.2, -0.15) is 0 Å². The number of phenolic OH excluding ortho intramolecular Hbond substituents is 1. The number of aromatic hydroxyl groups is 1. The molecule has 0 saturated heterocycles. The van der Waals surface area contributed by atoms with E-state index < -0.39 is 0 Å². The second-order valence-electron chi connectivity index (χ2n) is 4.86. The summed E-state index contributed by atoms with van der Waals surface area (Å²) in [5.41, 5.74) is 2.29. The zero-order chi connectivity index (χ0) is 11.7. The minimum absolute atomic E-state index is 0.122. The maximum absolute atomic E-state index is 10.0. The second-order valence-corrected chi connectivity index (χ2v) is 4.86. The van der Waals surface area contributed by atoms with E-state index in [1.165, 1.54) is 5.56 Å². The molecule has 0 amide bonds. The van der Waals surface area contributed by atoms with E-state index in [1.54, 1.807) is 12.1 Å². The van der Waals surface area contributed by atoms with Crippen LogP contribution in [0.5, 0.6) is 5.75 Å². The summed E-state index contributed by atoms with van der Waals surface area (Å²) < 4.78 is 0. The third-order valence-electron chi connectivity index (χ3n) is 3.07. The molecular weight excluding hydrogens is 202 g/mol. The Morgan fingerprint density at radius 3 is 2.69 bits per heavy atom. The van der Waals surface area contributed by atoms with E-state index in [4.69, 9.17) is 0 Å². The molecule has 1 aliphatic rings. The standard InChI is InChI=1S/C13H19NO2/c1-8(2)14-12-6-9-3-4-11(15)5-10(9)7-13(12)16/h3-5,8,12-16H,6-7H2,1-2H3/t12-,13-/m1/s1. The summed E-state index contributed by atoms with van der Waals surface area (Å²) in [6.45, 7) is 4.16. The first-order chi connectivity index (χ1) is 7.56. The predicted molar refractivity (Wildman–Crippen MR) is 63.6 cm³/mol. The zero-order valence-electron chi connectivity index (χ0n) is 9.77. The van der Waals surface area contributed by atoms with E-state index in [0.717, 1.165) is 12.0 Å². The number of phenols is 1. The fourth-order valence-electron chi connectivity index (χ4n) is 2.34. The van der Waals surface area contributed by atoms with Gasteiger partial charge in [0, 0.05) is 18.5 Å². The highest BCUT2D eigenvalue weighted by molar-refractivity contribution is 5.38. The molecule has 1 aromatic carbocycles. The molecule has 2 atom stereocenters. The van der Waals surface area contributed by atoms with E-state index in [1.807, 2.05) is 6.07 Å². The Morgan fingerprint density at radius 1 is 1.25 bits per heavy atom. The molecule has 0 aromatic heterocycles. The van der Waals surface area contributed by atoms with Crippen molar-refractivity contribution in [3.05, 3.63) is 29.3 Å². The Bertz CT molecular complexity index is 376. The number of hydrogen-bond acceptors (Lipinski definition) is 3. The molecule has 88 valence electrons. The van der Waals surface area contributed by atoms with E-state index in [-0.39, 0.29) is 17.9 Å². The van der Waals surface area contributed by atoms with Gasteiger partial charge in [-0.3, -0.25) is 0 Å². The quantitative estimate of drug-likeness (QED) is 0.704. The molecule has 0 unspecified atom stereocenters. The molecule has 3 heteroatoms. The van der Waals surface area contributed by atoms with Crippen LogP contribution in [0, 0.1) is 0 Å². The van der Waals surface area contributed by atoms with Crippen LogP contribution in [-0.2, 0) is 12.8 Å². The normalized spacial score (nSPS) is 24.5. The molecule has 0 spiro atoms. The van der Waals surface area contributed by atoms with Gasteiger partial charge < -0.3 is 15.5 Å². The molecule has 1 aliphatic carbocycles. The Kier molecular flexibility index (Phi) is 3.17. The minimum Gasteiger partial charge on any atom is -0.508 e. The molecule has 2 rings (SSSR count). The van der Waals surface area contributed by atoms with Crippen LogP contribution in [-0.4, -0.2) is 28.4 Å². The summed E-state index contributed by atoms with van der Waals surface area (Å²) in [6, 6.07) is 5.91. The number of hydrogen-bond donors (Lipinski definition) is 3. The van der Waals surface area contributed by atoms with Crippen LogP contribution in [0.2, 0.25) is 0 Å². The summed E-state index contributed by atoms with van der Waals surface area (Å²) in [5.74, 6) is 0.279. The Hall–Kier alpha value is -1.06. The Balaban J connectivity index is 2.18. The van der Waals surface area contributed by atoms with Crippen molar-refractivity contribution in [3.63, 3.8) is 0 Å². The molecule has 0 fully saturated rings. The lowest BCUT2D eigenvalue weighted by molar-refractivity contribution is 0.115. The lowest BCUT2D eigenvalue weighted by atomic mass is 9.86. The summed E-state index contributed by atoms with van der Waals surface area (Å²) in [7, 11) is 0. The third kappa shape index (κ3) is 2.36. The van der Waals surface area contributed by atoms with Crippen molar-refractivity contribution in [1.82, 2.24) is 5.32 Å². The smallest absolute Gasteiger partial charge is 0.115 e. The van der Waals surface area contributed by atoms with Gasteiger partial charge in [-0.05, 0) is 29.7 Å². The molecule has 0 saturated carbocycles. The second kappa shape index (κ2) is 4.44. The Morgan fingerprint density at radius 2 is 2.00 bits per heavy atom. The Labute approximate surface area is 96.1 Å². The van der Waals surface area contributed by atoms with Gasteiger partial charge in [0.05, 0.1) is 6.10 Å². The van der Waals surface area contributed by atoms with Crippen molar-refractivity contribution in [1.29, 1.82) is 0 Å². The molecule has 0 aliphatic heterocycles. The van der Waals surface area contributed by atoms with Crippen molar-refractivity contribution < 1.29 is 10.2 Å². The number of aliphatic hydroxyl groups excluding tert-OH is 1. The summed E-state index contributed by atoms with van der Waals surface area (Å²) >= 11 is 0.